The number of rotatable bonds is 0. The van der Waals surface area contributed by atoms with E-state index in [4.69, 9.17) is 10.5 Å². The smallest absolute Gasteiger partial charge is 0.181 e. The molecule has 0 radical (unpaired) electrons. The highest BCUT2D eigenvalue weighted by Gasteiger charge is 1.39. The van der Waals surface area contributed by atoms with Crippen LogP contribution in [0.4, 0.5) is 0 Å². The van der Waals surface area contributed by atoms with Crippen molar-refractivity contribution in [2.75, 3.05) is 0 Å². The van der Waals surface area contributed by atoms with Crippen molar-refractivity contribution in [1.29, 1.82) is 10.5 Å². The van der Waals surface area contributed by atoms with Crippen LogP contribution in [0.1, 0.15) is 0 Å². The SMILES string of the molecule is N#CC#N.NCl. The van der Waals surface area contributed by atoms with E-state index >= 15 is 0 Å². The van der Waals surface area contributed by atoms with Crippen molar-refractivity contribution < 1.29 is 0 Å². The van der Waals surface area contributed by atoms with Crippen molar-refractivity contribution in [3.05, 3.63) is 0 Å². The standard InChI is InChI=1S/C2N2.ClH2N/c3-1-2-4;1-2/h;2H2. The van der Waals surface area contributed by atoms with Crippen LogP contribution in [-0.4, -0.2) is 0 Å². The average Bonchev–Trinajstić information content (AvgIpc) is 1.72. The minimum Gasteiger partial charge on any atom is -0.247 e. The minimum atomic E-state index is 1.24. The number of hydrogen-bond donors (Lipinski definition) is 1. The normalized spacial score (nSPS) is 2.67. The van der Waals surface area contributed by atoms with Gasteiger partial charge in [0.05, 0.1) is 0 Å². The zero-order valence-electron chi connectivity index (χ0n) is 2.85. The van der Waals surface area contributed by atoms with E-state index in [-0.39, 0.29) is 0 Å². The van der Waals surface area contributed by atoms with Crippen molar-refractivity contribution in [2.45, 2.75) is 0 Å². The molecule has 0 aromatic carbocycles. The van der Waals surface area contributed by atoms with E-state index in [1.165, 1.54) is 12.1 Å². The minimum absolute atomic E-state index is 1.24. The molecule has 0 fully saturated rings. The van der Waals surface area contributed by atoms with Crippen molar-refractivity contribution in [1.82, 2.24) is 0 Å². The molecule has 3 nitrogen and oxygen atoms in total. The molecule has 2 N–H and O–H groups in total. The quantitative estimate of drug-likeness (QED) is 0.443. The van der Waals surface area contributed by atoms with Gasteiger partial charge in [-0.3, -0.25) is 0 Å². The van der Waals surface area contributed by atoms with Crippen LogP contribution in [0.5, 0.6) is 0 Å². The molecule has 0 aliphatic carbocycles. The van der Waals surface area contributed by atoms with Gasteiger partial charge in [-0.1, -0.05) is 0 Å². The fraction of sp³-hybridized carbons (Fsp3) is 0. The van der Waals surface area contributed by atoms with E-state index in [0.717, 1.165) is 0 Å². The summed E-state index contributed by atoms with van der Waals surface area (Å²) in [5, 5.41) is 18.5. The van der Waals surface area contributed by atoms with Crippen LogP contribution in [0.3, 0.4) is 0 Å². The molecular weight excluding hydrogens is 101 g/mol. The van der Waals surface area contributed by atoms with Gasteiger partial charge in [0.15, 0.2) is 12.1 Å². The van der Waals surface area contributed by atoms with Crippen LogP contribution >= 0.6 is 11.8 Å². The molecule has 0 aliphatic heterocycles. The van der Waals surface area contributed by atoms with Crippen LogP contribution in [0, 0.1) is 22.7 Å². The topological polar surface area (TPSA) is 73.6 Å². The lowest BCUT2D eigenvalue weighted by Gasteiger charge is -1.16. The van der Waals surface area contributed by atoms with E-state index < -0.39 is 0 Å². The summed E-state index contributed by atoms with van der Waals surface area (Å²) in [6.07, 6.45) is 0. The highest BCUT2D eigenvalue weighted by atomic mass is 35.5. The van der Waals surface area contributed by atoms with E-state index in [1.807, 2.05) is 0 Å². The third kappa shape index (κ3) is 304. The molecule has 0 aromatic heterocycles. The third-order valence-corrected chi connectivity index (χ3v) is 0.0500. The van der Waals surface area contributed by atoms with Gasteiger partial charge in [0, 0.05) is 0 Å². The van der Waals surface area contributed by atoms with Crippen molar-refractivity contribution >= 4 is 11.8 Å². The number of halogens is 1. The lowest BCUT2D eigenvalue weighted by atomic mass is 10.9. The van der Waals surface area contributed by atoms with Crippen LogP contribution in [0.2, 0.25) is 0 Å². The van der Waals surface area contributed by atoms with Gasteiger partial charge in [-0.2, -0.15) is 10.5 Å². The Kier molecular flexibility index (Phi) is 43.6. The number of nitrogens with zero attached hydrogens (tertiary/aromatic N) is 2. The van der Waals surface area contributed by atoms with Gasteiger partial charge in [0.1, 0.15) is 0 Å². The first kappa shape index (κ1) is 8.97. The van der Waals surface area contributed by atoms with Crippen molar-refractivity contribution in [2.24, 2.45) is 5.25 Å². The maximum Gasteiger partial charge on any atom is 0.181 e. The van der Waals surface area contributed by atoms with Crippen LogP contribution in [0.15, 0.2) is 0 Å². The Morgan fingerprint density at radius 3 is 1.33 bits per heavy atom. The summed E-state index contributed by atoms with van der Waals surface area (Å²) >= 11 is 4.14. The maximum atomic E-state index is 7.26. The summed E-state index contributed by atoms with van der Waals surface area (Å²) in [6, 6.07) is 2.47. The van der Waals surface area contributed by atoms with E-state index in [2.05, 4.69) is 17.0 Å². The first-order chi connectivity index (χ1) is 2.91. The zero-order chi connectivity index (χ0) is 5.41. The molecule has 6 heavy (non-hydrogen) atoms. The van der Waals surface area contributed by atoms with E-state index in [1.54, 1.807) is 0 Å². The lowest BCUT2D eigenvalue weighted by Crippen LogP contribution is -1.48. The van der Waals surface area contributed by atoms with Crippen LogP contribution in [-0.2, 0) is 0 Å². The monoisotopic (exact) mass is 103 g/mol. The zero-order valence-corrected chi connectivity index (χ0v) is 3.61. The fourth-order valence-corrected chi connectivity index (χ4v) is 0. The molecular formula is C2H2ClN3. The number of nitrogens with two attached hydrogens (primary N) is 1. The molecule has 4 heteroatoms. The summed E-state index contributed by atoms with van der Waals surface area (Å²) < 4.78 is 0. The largest absolute Gasteiger partial charge is 0.247 e. The number of nitriles is 2. The van der Waals surface area contributed by atoms with E-state index in [9.17, 15) is 0 Å². The molecule has 0 unspecified atom stereocenters. The molecule has 0 rings (SSSR count). The third-order valence-electron chi connectivity index (χ3n) is 0.0500. The second-order valence-corrected chi connectivity index (χ2v) is 0.224. The molecule has 0 saturated carbocycles. The first-order valence-electron chi connectivity index (χ1n) is 0.915. The predicted octanol–water partition coefficient (Wildman–Crippen LogP) is 0.132. The number of hydrogen-bond acceptors (Lipinski definition) is 3. The summed E-state index contributed by atoms with van der Waals surface area (Å²) in [4.78, 5) is 0. The Morgan fingerprint density at radius 1 is 1.17 bits per heavy atom. The van der Waals surface area contributed by atoms with Crippen LogP contribution < -0.4 is 5.25 Å². The molecule has 0 amide bonds. The van der Waals surface area contributed by atoms with Gasteiger partial charge in [0.2, 0.25) is 0 Å². The Balaban J connectivity index is 0. The fourth-order valence-electron chi connectivity index (χ4n) is 0. The summed E-state index contributed by atoms with van der Waals surface area (Å²) in [5.41, 5.74) is 0. The van der Waals surface area contributed by atoms with Crippen molar-refractivity contribution in [3.63, 3.8) is 0 Å². The van der Waals surface area contributed by atoms with Gasteiger partial charge < -0.3 is 0 Å². The second-order valence-electron chi connectivity index (χ2n) is 0.224. The first-order valence-corrected chi connectivity index (χ1v) is 1.35. The van der Waals surface area contributed by atoms with Gasteiger partial charge in [-0.05, 0) is 11.8 Å². The molecule has 0 atom stereocenters. The summed E-state index contributed by atoms with van der Waals surface area (Å²) in [5.74, 6) is 0. The van der Waals surface area contributed by atoms with Gasteiger partial charge in [-0.25, -0.2) is 5.25 Å². The predicted molar refractivity (Wildman–Crippen MR) is 21.3 cm³/mol. The maximum absolute atomic E-state index is 7.26. The highest BCUT2D eigenvalue weighted by Crippen LogP contribution is 1.27. The molecule has 0 spiro atoms. The molecule has 0 aromatic rings. The Hall–Kier alpha value is -0.770. The molecule has 0 heterocycles. The van der Waals surface area contributed by atoms with Gasteiger partial charge in [-0.15, -0.1) is 0 Å². The lowest BCUT2D eigenvalue weighted by molar-refractivity contribution is 1.49. The highest BCUT2D eigenvalue weighted by molar-refractivity contribution is 6.11. The van der Waals surface area contributed by atoms with Gasteiger partial charge in [0.25, 0.3) is 0 Å². The molecule has 32 valence electrons. The molecule has 0 aliphatic rings. The Morgan fingerprint density at radius 2 is 1.33 bits per heavy atom. The summed E-state index contributed by atoms with van der Waals surface area (Å²) in [6.45, 7) is 0. The Labute approximate surface area is 40.7 Å². The molecule has 0 saturated heterocycles. The Bertz CT molecular complexity index is 63.8. The summed E-state index contributed by atoms with van der Waals surface area (Å²) in [7, 11) is 0. The van der Waals surface area contributed by atoms with E-state index in [0.29, 0.717) is 0 Å². The second kappa shape index (κ2) is 29.2. The molecule has 0 bridgehead atoms. The van der Waals surface area contributed by atoms with Crippen molar-refractivity contribution in [3.8, 4) is 12.1 Å². The average molecular weight is 104 g/mol. The van der Waals surface area contributed by atoms with Crippen LogP contribution in [0.25, 0.3) is 0 Å². The van der Waals surface area contributed by atoms with Gasteiger partial charge >= 0.3 is 0 Å².